The van der Waals surface area contributed by atoms with Crippen LogP contribution in [0.1, 0.15) is 34.8 Å². The SMILES string of the molecule is O=C(O)c1cn(C2CCCN(Cc3ccncc3)C2)c2ccc(I)cc2c1=O. The minimum absolute atomic E-state index is 0.122. The quantitative estimate of drug-likeness (QED) is 0.568. The molecule has 1 aromatic carbocycles. The van der Waals surface area contributed by atoms with E-state index < -0.39 is 11.4 Å². The third kappa shape index (κ3) is 3.81. The van der Waals surface area contributed by atoms with Crippen molar-refractivity contribution in [3.05, 3.63) is 73.8 Å². The molecule has 28 heavy (non-hydrogen) atoms. The molecule has 0 amide bonds. The second-order valence-electron chi connectivity index (χ2n) is 7.13. The number of pyridine rings is 2. The second-order valence-corrected chi connectivity index (χ2v) is 8.38. The van der Waals surface area contributed by atoms with Crippen LogP contribution in [0.5, 0.6) is 0 Å². The summed E-state index contributed by atoms with van der Waals surface area (Å²) in [6.45, 7) is 2.65. The number of hydrogen-bond donors (Lipinski definition) is 1. The summed E-state index contributed by atoms with van der Waals surface area (Å²) in [4.78, 5) is 30.8. The molecule has 7 heteroatoms. The first-order valence-electron chi connectivity index (χ1n) is 9.22. The molecule has 0 bridgehead atoms. The maximum absolute atomic E-state index is 12.6. The number of benzene rings is 1. The summed E-state index contributed by atoms with van der Waals surface area (Å²) >= 11 is 2.15. The minimum atomic E-state index is -1.18. The summed E-state index contributed by atoms with van der Waals surface area (Å²) < 4.78 is 2.91. The van der Waals surface area contributed by atoms with E-state index in [-0.39, 0.29) is 11.6 Å². The van der Waals surface area contributed by atoms with E-state index in [2.05, 4.69) is 32.5 Å². The molecule has 0 spiro atoms. The molecule has 1 aliphatic rings. The van der Waals surface area contributed by atoms with Crippen LogP contribution in [-0.4, -0.2) is 38.6 Å². The van der Waals surface area contributed by atoms with Gasteiger partial charge in [-0.25, -0.2) is 4.79 Å². The molecular weight excluding hydrogens is 469 g/mol. The maximum atomic E-state index is 12.6. The van der Waals surface area contributed by atoms with Crippen molar-refractivity contribution in [3.63, 3.8) is 0 Å². The molecule has 0 radical (unpaired) electrons. The smallest absolute Gasteiger partial charge is 0.341 e. The zero-order valence-electron chi connectivity index (χ0n) is 15.2. The van der Waals surface area contributed by atoms with E-state index in [1.54, 1.807) is 18.5 Å². The van der Waals surface area contributed by atoms with Crippen LogP contribution in [0.3, 0.4) is 0 Å². The molecule has 1 saturated heterocycles. The Morgan fingerprint density at radius 1 is 1.25 bits per heavy atom. The fraction of sp³-hybridized carbons (Fsp3) is 0.286. The number of nitrogens with zero attached hydrogens (tertiary/aromatic N) is 3. The lowest BCUT2D eigenvalue weighted by atomic mass is 10.0. The van der Waals surface area contributed by atoms with E-state index in [4.69, 9.17) is 0 Å². The third-order valence-electron chi connectivity index (χ3n) is 5.25. The molecule has 1 aliphatic heterocycles. The molecule has 1 atom stereocenters. The number of aromatic carboxylic acids is 1. The van der Waals surface area contributed by atoms with Crippen molar-refractivity contribution in [2.45, 2.75) is 25.4 Å². The molecule has 1 fully saturated rings. The summed E-state index contributed by atoms with van der Waals surface area (Å²) in [5.74, 6) is -1.18. The predicted octanol–water partition coefficient (Wildman–Crippen LogP) is 3.54. The van der Waals surface area contributed by atoms with E-state index in [9.17, 15) is 14.7 Å². The van der Waals surface area contributed by atoms with Gasteiger partial charge in [-0.2, -0.15) is 0 Å². The molecule has 1 unspecified atom stereocenters. The molecule has 4 rings (SSSR count). The van der Waals surface area contributed by atoms with Crippen molar-refractivity contribution in [2.24, 2.45) is 0 Å². The largest absolute Gasteiger partial charge is 0.477 e. The van der Waals surface area contributed by atoms with Crippen LogP contribution in [-0.2, 0) is 6.54 Å². The molecule has 0 saturated carbocycles. The number of rotatable bonds is 4. The van der Waals surface area contributed by atoms with Gasteiger partial charge in [0.25, 0.3) is 0 Å². The number of piperidine rings is 1. The Morgan fingerprint density at radius 2 is 2.04 bits per heavy atom. The van der Waals surface area contributed by atoms with Gasteiger partial charge in [-0.05, 0) is 77.9 Å². The van der Waals surface area contributed by atoms with Crippen molar-refractivity contribution in [1.29, 1.82) is 0 Å². The van der Waals surface area contributed by atoms with Gasteiger partial charge in [-0.3, -0.25) is 14.7 Å². The Morgan fingerprint density at radius 3 is 2.79 bits per heavy atom. The lowest BCUT2D eigenvalue weighted by Gasteiger charge is -2.35. The Hall–Kier alpha value is -2.26. The van der Waals surface area contributed by atoms with Crippen LogP contribution in [0.4, 0.5) is 0 Å². The zero-order chi connectivity index (χ0) is 19.7. The van der Waals surface area contributed by atoms with E-state index in [0.29, 0.717) is 5.39 Å². The van der Waals surface area contributed by atoms with Crippen molar-refractivity contribution in [1.82, 2.24) is 14.5 Å². The van der Waals surface area contributed by atoms with Gasteiger partial charge in [-0.1, -0.05) is 0 Å². The van der Waals surface area contributed by atoms with Gasteiger partial charge in [0.2, 0.25) is 5.43 Å². The number of carbonyl (C=O) groups is 1. The summed E-state index contributed by atoms with van der Waals surface area (Å²) in [6.07, 6.45) is 7.10. The predicted molar refractivity (Wildman–Crippen MR) is 116 cm³/mol. The zero-order valence-corrected chi connectivity index (χ0v) is 17.4. The molecule has 6 nitrogen and oxygen atoms in total. The van der Waals surface area contributed by atoms with Gasteiger partial charge in [0.15, 0.2) is 0 Å². The van der Waals surface area contributed by atoms with Crippen LogP contribution in [0.25, 0.3) is 10.9 Å². The highest BCUT2D eigenvalue weighted by Gasteiger charge is 2.24. The van der Waals surface area contributed by atoms with Crippen LogP contribution in [0.15, 0.2) is 53.7 Å². The van der Waals surface area contributed by atoms with E-state index in [1.807, 2.05) is 28.8 Å². The van der Waals surface area contributed by atoms with E-state index >= 15 is 0 Å². The van der Waals surface area contributed by atoms with Gasteiger partial charge in [0, 0.05) is 46.7 Å². The van der Waals surface area contributed by atoms with Gasteiger partial charge in [0.05, 0.1) is 5.52 Å². The summed E-state index contributed by atoms with van der Waals surface area (Å²) in [7, 11) is 0. The minimum Gasteiger partial charge on any atom is -0.477 e. The normalized spacial score (nSPS) is 17.7. The maximum Gasteiger partial charge on any atom is 0.341 e. The Kier molecular flexibility index (Phi) is 5.45. The van der Waals surface area contributed by atoms with Crippen LogP contribution in [0.2, 0.25) is 0 Å². The second kappa shape index (κ2) is 8.00. The third-order valence-corrected chi connectivity index (χ3v) is 5.93. The molecule has 1 N–H and O–H groups in total. The standard InChI is InChI=1S/C21H20IN3O3/c22-15-3-4-19-17(10-15)20(26)18(21(27)28)13-25(19)16-2-1-9-24(12-16)11-14-5-7-23-8-6-14/h3-8,10,13,16H,1-2,9,11-12H2,(H,27,28). The molecule has 2 aromatic heterocycles. The highest BCUT2D eigenvalue weighted by Crippen LogP contribution is 2.27. The summed E-state index contributed by atoms with van der Waals surface area (Å²) in [5, 5.41) is 10.0. The highest BCUT2D eigenvalue weighted by atomic mass is 127. The van der Waals surface area contributed by atoms with Gasteiger partial charge in [-0.15, -0.1) is 0 Å². The number of hydrogen-bond acceptors (Lipinski definition) is 4. The number of likely N-dealkylation sites (tertiary alicyclic amines) is 1. The number of aromatic nitrogens is 2. The van der Waals surface area contributed by atoms with Crippen molar-refractivity contribution >= 4 is 39.5 Å². The van der Waals surface area contributed by atoms with Crippen molar-refractivity contribution in [2.75, 3.05) is 13.1 Å². The molecule has 0 aliphatic carbocycles. The lowest BCUT2D eigenvalue weighted by Crippen LogP contribution is -2.37. The Labute approximate surface area is 176 Å². The first-order chi connectivity index (χ1) is 13.5. The first-order valence-corrected chi connectivity index (χ1v) is 10.3. The monoisotopic (exact) mass is 489 g/mol. The molecule has 3 aromatic rings. The fourth-order valence-corrected chi connectivity index (χ4v) is 4.42. The average Bonchev–Trinajstić information content (AvgIpc) is 2.69. The number of halogens is 1. The van der Waals surface area contributed by atoms with E-state index in [1.165, 1.54) is 11.8 Å². The van der Waals surface area contributed by atoms with Gasteiger partial charge < -0.3 is 9.67 Å². The molecule has 144 valence electrons. The number of fused-ring (bicyclic) bond motifs is 1. The average molecular weight is 489 g/mol. The van der Waals surface area contributed by atoms with Crippen molar-refractivity contribution < 1.29 is 9.90 Å². The summed E-state index contributed by atoms with van der Waals surface area (Å²) in [5.41, 5.74) is 1.43. The van der Waals surface area contributed by atoms with E-state index in [0.717, 1.165) is 41.6 Å². The summed E-state index contributed by atoms with van der Waals surface area (Å²) in [6, 6.07) is 9.81. The highest BCUT2D eigenvalue weighted by molar-refractivity contribution is 14.1. The van der Waals surface area contributed by atoms with Crippen molar-refractivity contribution in [3.8, 4) is 0 Å². The topological polar surface area (TPSA) is 75.4 Å². The fourth-order valence-electron chi connectivity index (χ4n) is 3.93. The van der Waals surface area contributed by atoms with Crippen LogP contribution >= 0.6 is 22.6 Å². The number of carboxylic acids is 1. The lowest BCUT2D eigenvalue weighted by molar-refractivity contribution is 0.0694. The molecule has 3 heterocycles. The van der Waals surface area contributed by atoms with Gasteiger partial charge >= 0.3 is 5.97 Å². The Bertz CT molecular complexity index is 1080. The first kappa shape index (κ1) is 19.1. The number of carboxylic acid groups (broad SMARTS) is 1. The van der Waals surface area contributed by atoms with Gasteiger partial charge in [0.1, 0.15) is 5.56 Å². The van der Waals surface area contributed by atoms with Crippen LogP contribution in [0, 0.1) is 3.57 Å². The van der Waals surface area contributed by atoms with Crippen LogP contribution < -0.4 is 5.43 Å². The Balaban J connectivity index is 1.72. The molecular formula is C21H20IN3O3.